The van der Waals surface area contributed by atoms with E-state index < -0.39 is 6.04 Å². The second kappa shape index (κ2) is 11.0. The molecule has 0 bridgehead atoms. The maximum absolute atomic E-state index is 13.5. The Labute approximate surface area is 210 Å². The van der Waals surface area contributed by atoms with Gasteiger partial charge in [-0.25, -0.2) is 4.39 Å². The fourth-order valence-corrected chi connectivity index (χ4v) is 5.16. The predicted molar refractivity (Wildman–Crippen MR) is 134 cm³/mol. The van der Waals surface area contributed by atoms with E-state index >= 15 is 0 Å². The Morgan fingerprint density at radius 1 is 0.917 bits per heavy atom. The summed E-state index contributed by atoms with van der Waals surface area (Å²) in [6, 6.07) is 23.0. The number of rotatable bonds is 8. The van der Waals surface area contributed by atoms with Crippen molar-refractivity contribution < 1.29 is 23.5 Å². The molecule has 36 heavy (non-hydrogen) atoms. The van der Waals surface area contributed by atoms with Crippen LogP contribution in [0.4, 0.5) is 4.39 Å². The Kier molecular flexibility index (Phi) is 7.42. The third-order valence-electron chi connectivity index (χ3n) is 7.04. The highest BCUT2D eigenvalue weighted by atomic mass is 19.1. The number of amides is 1. The zero-order valence-corrected chi connectivity index (χ0v) is 20.1. The highest BCUT2D eigenvalue weighted by Crippen LogP contribution is 2.31. The summed E-state index contributed by atoms with van der Waals surface area (Å²) in [5, 5.41) is 0. The number of likely N-dealkylation sites (tertiary alicyclic amines) is 1. The first-order valence-electron chi connectivity index (χ1n) is 12.5. The molecule has 0 N–H and O–H groups in total. The molecule has 0 saturated carbocycles. The molecule has 2 aliphatic rings. The molecule has 1 unspecified atom stereocenters. The van der Waals surface area contributed by atoms with Crippen LogP contribution in [0.3, 0.4) is 0 Å². The number of ether oxygens (including phenoxy) is 2. The van der Waals surface area contributed by atoms with Gasteiger partial charge in [0.15, 0.2) is 5.78 Å². The first-order valence-corrected chi connectivity index (χ1v) is 12.5. The molecule has 0 aliphatic carbocycles. The Balaban J connectivity index is 1.26. The largest absolute Gasteiger partial charge is 0.457 e. The Bertz CT molecular complexity index is 1170. The van der Waals surface area contributed by atoms with E-state index in [1.54, 1.807) is 24.3 Å². The van der Waals surface area contributed by atoms with Gasteiger partial charge in [0, 0.05) is 19.6 Å². The van der Waals surface area contributed by atoms with Gasteiger partial charge in [-0.3, -0.25) is 9.59 Å². The lowest BCUT2D eigenvalue weighted by atomic mass is 9.94. The number of hydrogen-bond acceptors (Lipinski definition) is 4. The van der Waals surface area contributed by atoms with Crippen molar-refractivity contribution >= 4 is 11.7 Å². The number of Topliss-reactive ketones (excluding diaryl/α,β-unsaturated/α-hetero) is 1. The van der Waals surface area contributed by atoms with E-state index in [-0.39, 0.29) is 35.8 Å². The predicted octanol–water partition coefficient (Wildman–Crippen LogP) is 5.23. The van der Waals surface area contributed by atoms with Crippen LogP contribution in [0.15, 0.2) is 78.9 Å². The molecule has 5 nitrogen and oxygen atoms in total. The first-order chi connectivity index (χ1) is 17.5. The van der Waals surface area contributed by atoms with Crippen LogP contribution >= 0.6 is 0 Å². The van der Waals surface area contributed by atoms with Crippen molar-refractivity contribution in [1.82, 2.24) is 4.90 Å². The summed E-state index contributed by atoms with van der Waals surface area (Å²) in [5.74, 6) is 1.04. The van der Waals surface area contributed by atoms with Gasteiger partial charge in [-0.1, -0.05) is 42.5 Å². The minimum absolute atomic E-state index is 0.0458. The van der Waals surface area contributed by atoms with Crippen molar-refractivity contribution in [3.8, 4) is 11.5 Å². The Morgan fingerprint density at radius 3 is 2.28 bits per heavy atom. The zero-order chi connectivity index (χ0) is 24.9. The summed E-state index contributed by atoms with van der Waals surface area (Å²) in [7, 11) is 0. The summed E-state index contributed by atoms with van der Waals surface area (Å²) in [6.07, 6.45) is 2.50. The van der Waals surface area contributed by atoms with Gasteiger partial charge in [0.05, 0.1) is 18.6 Å². The second-order valence-corrected chi connectivity index (χ2v) is 9.70. The van der Waals surface area contributed by atoms with Crippen LogP contribution in [-0.4, -0.2) is 42.4 Å². The average molecular weight is 488 g/mol. The summed E-state index contributed by atoms with van der Waals surface area (Å²) in [4.78, 5) is 28.6. The van der Waals surface area contributed by atoms with Gasteiger partial charge < -0.3 is 14.4 Å². The molecule has 2 saturated heterocycles. The second-order valence-electron chi connectivity index (χ2n) is 9.70. The van der Waals surface area contributed by atoms with Crippen molar-refractivity contribution in [2.75, 3.05) is 19.8 Å². The molecular weight excluding hydrogens is 457 g/mol. The number of carbonyl (C=O) groups is 2. The van der Waals surface area contributed by atoms with E-state index in [9.17, 15) is 14.0 Å². The van der Waals surface area contributed by atoms with E-state index in [0.29, 0.717) is 37.7 Å². The number of halogens is 1. The summed E-state index contributed by atoms with van der Waals surface area (Å²) < 4.78 is 24.3. The maximum atomic E-state index is 13.5. The number of carbonyl (C=O) groups excluding carboxylic acids is 2. The number of ketones is 1. The molecule has 6 heteroatoms. The van der Waals surface area contributed by atoms with E-state index in [0.717, 1.165) is 18.4 Å². The van der Waals surface area contributed by atoms with Crippen LogP contribution in [-0.2, 0) is 27.2 Å². The third-order valence-corrected chi connectivity index (χ3v) is 7.04. The summed E-state index contributed by atoms with van der Waals surface area (Å²) >= 11 is 0. The van der Waals surface area contributed by atoms with Crippen molar-refractivity contribution in [2.24, 2.45) is 11.8 Å². The molecule has 5 rings (SSSR count). The van der Waals surface area contributed by atoms with Gasteiger partial charge in [0.2, 0.25) is 5.91 Å². The van der Waals surface area contributed by atoms with E-state index in [4.69, 9.17) is 9.47 Å². The number of hydrogen-bond donors (Lipinski definition) is 0. The summed E-state index contributed by atoms with van der Waals surface area (Å²) in [5.41, 5.74) is 2.10. The quantitative estimate of drug-likeness (QED) is 0.437. The maximum Gasteiger partial charge on any atom is 0.228 e. The zero-order valence-electron chi connectivity index (χ0n) is 20.1. The Morgan fingerprint density at radius 2 is 1.61 bits per heavy atom. The number of nitrogens with zero attached hydrogens (tertiary/aromatic N) is 1. The molecule has 3 atom stereocenters. The molecule has 186 valence electrons. The minimum Gasteiger partial charge on any atom is -0.457 e. The SMILES string of the molecule is O=C(Cc1ccc(Oc2ccc(F)cc2)cc1)[C@@H]1C[C@@H](Cc2ccccc2)CN1C(=O)C1CCOC1. The van der Waals surface area contributed by atoms with Crippen LogP contribution in [0, 0.1) is 17.7 Å². The van der Waals surface area contributed by atoms with Crippen LogP contribution in [0.25, 0.3) is 0 Å². The smallest absolute Gasteiger partial charge is 0.228 e. The third kappa shape index (κ3) is 5.82. The van der Waals surface area contributed by atoms with Crippen LogP contribution in [0.2, 0.25) is 0 Å². The van der Waals surface area contributed by atoms with E-state index in [2.05, 4.69) is 12.1 Å². The molecule has 0 spiro atoms. The van der Waals surface area contributed by atoms with Crippen molar-refractivity contribution in [2.45, 2.75) is 31.7 Å². The van der Waals surface area contributed by atoms with Crippen LogP contribution < -0.4 is 4.74 Å². The molecular formula is C30H30FNO4. The van der Waals surface area contributed by atoms with Crippen LogP contribution in [0.5, 0.6) is 11.5 Å². The lowest BCUT2D eigenvalue weighted by Crippen LogP contribution is -2.44. The molecule has 2 aliphatic heterocycles. The molecule has 2 heterocycles. The van der Waals surface area contributed by atoms with E-state index in [1.165, 1.54) is 17.7 Å². The molecule has 3 aromatic rings. The standard InChI is InChI=1S/C30H30FNO4/c31-25-8-12-27(13-9-25)36-26-10-6-22(7-11-26)18-29(33)28-17-23(16-21-4-2-1-3-5-21)19-32(28)30(34)24-14-15-35-20-24/h1-13,23-24,28H,14-20H2/t23-,24?,28+/m1/s1. The summed E-state index contributed by atoms with van der Waals surface area (Å²) in [6.45, 7) is 1.64. The average Bonchev–Trinajstić information content (AvgIpc) is 3.58. The van der Waals surface area contributed by atoms with Gasteiger partial charge in [0.1, 0.15) is 17.3 Å². The van der Waals surface area contributed by atoms with Gasteiger partial charge in [-0.05, 0) is 72.7 Å². The molecule has 0 radical (unpaired) electrons. The monoisotopic (exact) mass is 487 g/mol. The van der Waals surface area contributed by atoms with Gasteiger partial charge in [-0.2, -0.15) is 0 Å². The molecule has 0 aromatic heterocycles. The fourth-order valence-electron chi connectivity index (χ4n) is 5.16. The van der Waals surface area contributed by atoms with Crippen molar-refractivity contribution in [1.29, 1.82) is 0 Å². The van der Waals surface area contributed by atoms with Gasteiger partial charge in [0.25, 0.3) is 0 Å². The van der Waals surface area contributed by atoms with Crippen molar-refractivity contribution in [3.05, 3.63) is 95.8 Å². The van der Waals surface area contributed by atoms with Gasteiger partial charge in [-0.15, -0.1) is 0 Å². The number of benzene rings is 3. The van der Waals surface area contributed by atoms with Gasteiger partial charge >= 0.3 is 0 Å². The van der Waals surface area contributed by atoms with E-state index in [1.807, 2.05) is 35.2 Å². The highest BCUT2D eigenvalue weighted by molar-refractivity contribution is 5.91. The fraction of sp³-hybridized carbons (Fsp3) is 0.333. The minimum atomic E-state index is -0.415. The lowest BCUT2D eigenvalue weighted by Gasteiger charge is -2.26. The molecule has 1 amide bonds. The lowest BCUT2D eigenvalue weighted by molar-refractivity contribution is -0.140. The first kappa shape index (κ1) is 24.2. The highest BCUT2D eigenvalue weighted by Gasteiger charge is 2.41. The normalized spacial score (nSPS) is 21.5. The topological polar surface area (TPSA) is 55.8 Å². The molecule has 2 fully saturated rings. The Hall–Kier alpha value is -3.51. The van der Waals surface area contributed by atoms with Crippen LogP contribution in [0.1, 0.15) is 24.0 Å². The van der Waals surface area contributed by atoms with Crippen molar-refractivity contribution in [3.63, 3.8) is 0 Å². The molecule has 3 aromatic carbocycles.